The summed E-state index contributed by atoms with van der Waals surface area (Å²) in [4.78, 5) is 99.0. The van der Waals surface area contributed by atoms with E-state index in [-0.39, 0.29) is 67.3 Å². The lowest BCUT2D eigenvalue weighted by atomic mass is 10.0. The molecule has 4 aromatic rings. The van der Waals surface area contributed by atoms with Gasteiger partial charge in [-0.05, 0) is 68.0 Å². The summed E-state index contributed by atoms with van der Waals surface area (Å²) in [7, 11) is 0. The van der Waals surface area contributed by atoms with Crippen LogP contribution in [0, 0.1) is 0 Å². The zero-order chi connectivity index (χ0) is 50.0. The van der Waals surface area contributed by atoms with Crippen LogP contribution in [0.2, 0.25) is 0 Å². The molecule has 3 aliphatic heterocycles. The van der Waals surface area contributed by atoms with E-state index in [1.807, 2.05) is 4.57 Å². The van der Waals surface area contributed by atoms with Crippen molar-refractivity contribution >= 4 is 47.0 Å². The number of aromatic nitrogens is 3. The number of rotatable bonds is 22. The standard InChI is InChI=1S/C48H53F4N9O9/c49-34-26-60(41(64)23-29-12-14-31(15-13-29)70-48(50,51)52)22-18-38(34)69-45-33(43(53)65)24-30(25-56-45)36-27-59(28-57-36)21-7-6-20-55-39(62)11-4-2-1-3-5-19-54-35-10-8-9-32-42(35)47(68)61(46(32)67)37-16-17-40(63)58-44(37)66/h8-10,12-15,24-25,27-28,34,37-38,54H,1-7,11,16-23,26H2,(H2,53,65)(H,55,62)(H,58,63,66)/t34-,37?,38-/m1/s1. The second-order valence-corrected chi connectivity index (χ2v) is 17.3. The average Bonchev–Trinajstić information content (AvgIpc) is 3.89. The number of nitrogens with one attached hydrogen (secondary N) is 3. The molecule has 0 saturated carbocycles. The highest BCUT2D eigenvalue weighted by atomic mass is 19.4. The number of benzene rings is 2. The van der Waals surface area contributed by atoms with Crippen LogP contribution in [0.3, 0.4) is 0 Å². The molecule has 0 spiro atoms. The van der Waals surface area contributed by atoms with Gasteiger partial charge in [0.05, 0.1) is 36.1 Å². The molecule has 22 heteroatoms. The zero-order valence-electron chi connectivity index (χ0n) is 38.1. The van der Waals surface area contributed by atoms with Crippen molar-refractivity contribution in [2.75, 3.05) is 31.5 Å². The molecule has 5 N–H and O–H groups in total. The van der Waals surface area contributed by atoms with E-state index in [2.05, 4.69) is 30.7 Å². The number of carbonyl (C=O) groups excluding carboxylic acids is 7. The molecule has 2 aromatic carbocycles. The highest BCUT2D eigenvalue weighted by Gasteiger charge is 2.45. The highest BCUT2D eigenvalue weighted by molar-refractivity contribution is 6.25. The smallest absolute Gasteiger partial charge is 0.471 e. The molecule has 2 fully saturated rings. The second-order valence-electron chi connectivity index (χ2n) is 17.3. The highest BCUT2D eigenvalue weighted by Crippen LogP contribution is 2.33. The number of hydrogen-bond acceptors (Lipinski definition) is 12. The number of halogens is 4. The molecule has 70 heavy (non-hydrogen) atoms. The van der Waals surface area contributed by atoms with Gasteiger partial charge in [-0.3, -0.25) is 43.8 Å². The summed E-state index contributed by atoms with van der Waals surface area (Å²) in [6, 6.07) is 10.3. The number of fused-ring (bicyclic) bond motifs is 1. The van der Waals surface area contributed by atoms with Crippen molar-refractivity contribution in [3.05, 3.63) is 89.5 Å². The third-order valence-electron chi connectivity index (χ3n) is 12.2. The largest absolute Gasteiger partial charge is 0.573 e. The number of piperidine rings is 2. The average molecular weight is 976 g/mol. The third-order valence-corrected chi connectivity index (χ3v) is 12.2. The van der Waals surface area contributed by atoms with Crippen LogP contribution in [-0.4, -0.2) is 117 Å². The number of imidazole rings is 1. The molecule has 3 aliphatic rings. The van der Waals surface area contributed by atoms with Crippen molar-refractivity contribution in [3.8, 4) is 22.9 Å². The Morgan fingerprint density at radius 3 is 2.40 bits per heavy atom. The van der Waals surface area contributed by atoms with E-state index >= 15 is 4.39 Å². The molecular formula is C48H53F4N9O9. The fraction of sp³-hybridized carbons (Fsp3) is 0.438. The lowest BCUT2D eigenvalue weighted by molar-refractivity contribution is -0.274. The summed E-state index contributed by atoms with van der Waals surface area (Å²) in [5.74, 6) is -4.06. The molecule has 0 radical (unpaired) electrons. The fourth-order valence-electron chi connectivity index (χ4n) is 8.54. The Bertz CT molecular complexity index is 2590. The van der Waals surface area contributed by atoms with Crippen molar-refractivity contribution in [1.82, 2.24) is 35.0 Å². The van der Waals surface area contributed by atoms with Crippen molar-refractivity contribution < 1.29 is 60.6 Å². The van der Waals surface area contributed by atoms with E-state index in [0.29, 0.717) is 48.6 Å². The molecule has 2 saturated heterocycles. The Balaban J connectivity index is 0.755. The first-order chi connectivity index (χ1) is 33.5. The molecule has 7 rings (SSSR count). The van der Waals surface area contributed by atoms with E-state index in [1.165, 1.54) is 29.3 Å². The molecule has 372 valence electrons. The van der Waals surface area contributed by atoms with Gasteiger partial charge in [-0.15, -0.1) is 13.2 Å². The number of hydrogen-bond donors (Lipinski definition) is 4. The van der Waals surface area contributed by atoms with Crippen LogP contribution in [0.5, 0.6) is 11.6 Å². The molecule has 0 bridgehead atoms. The summed E-state index contributed by atoms with van der Waals surface area (Å²) < 4.78 is 64.3. The molecule has 5 heterocycles. The number of alkyl halides is 4. The van der Waals surface area contributed by atoms with Crippen molar-refractivity contribution in [2.45, 2.75) is 108 Å². The van der Waals surface area contributed by atoms with Gasteiger partial charge in [-0.1, -0.05) is 37.5 Å². The summed E-state index contributed by atoms with van der Waals surface area (Å²) in [5.41, 5.74) is 7.97. The Kier molecular flexibility index (Phi) is 16.5. The summed E-state index contributed by atoms with van der Waals surface area (Å²) in [6.45, 7) is 1.52. The third kappa shape index (κ3) is 13.0. The van der Waals surface area contributed by atoms with Crippen LogP contribution in [-0.2, 0) is 32.1 Å². The number of imide groups is 2. The number of carbonyl (C=O) groups is 7. The molecule has 2 aromatic heterocycles. The van der Waals surface area contributed by atoms with Crippen LogP contribution in [0.25, 0.3) is 11.3 Å². The topological polar surface area (TPSA) is 237 Å². The Hall–Kier alpha value is -7.39. The van der Waals surface area contributed by atoms with Gasteiger partial charge in [0.2, 0.25) is 29.5 Å². The number of aryl methyl sites for hydroxylation is 1. The minimum absolute atomic E-state index is 0.0216. The Morgan fingerprint density at radius 1 is 0.900 bits per heavy atom. The molecule has 0 aliphatic carbocycles. The van der Waals surface area contributed by atoms with Gasteiger partial charge < -0.3 is 35.3 Å². The van der Waals surface area contributed by atoms with Gasteiger partial charge in [-0.25, -0.2) is 14.4 Å². The van der Waals surface area contributed by atoms with E-state index in [9.17, 15) is 46.7 Å². The minimum atomic E-state index is -4.84. The van der Waals surface area contributed by atoms with Gasteiger partial charge in [0, 0.05) is 69.1 Å². The van der Waals surface area contributed by atoms with Gasteiger partial charge in [-0.2, -0.15) is 0 Å². The lowest BCUT2D eigenvalue weighted by Crippen LogP contribution is -2.54. The number of amides is 7. The predicted molar refractivity (Wildman–Crippen MR) is 243 cm³/mol. The number of anilines is 1. The number of unbranched alkanes of at least 4 members (excludes halogenated alkanes) is 5. The zero-order valence-corrected chi connectivity index (χ0v) is 38.1. The number of nitrogens with zero attached hydrogens (tertiary/aromatic N) is 5. The van der Waals surface area contributed by atoms with Gasteiger partial charge in [0.15, 0.2) is 6.17 Å². The number of primary amides is 1. The number of ether oxygens (including phenoxy) is 2. The van der Waals surface area contributed by atoms with E-state index in [1.54, 1.807) is 30.7 Å². The van der Waals surface area contributed by atoms with Crippen molar-refractivity contribution in [3.63, 3.8) is 0 Å². The van der Waals surface area contributed by atoms with Crippen molar-refractivity contribution in [1.29, 1.82) is 0 Å². The molecule has 7 amide bonds. The first kappa shape index (κ1) is 50.5. The normalized spacial score (nSPS) is 18.1. The predicted octanol–water partition coefficient (Wildman–Crippen LogP) is 5.25. The van der Waals surface area contributed by atoms with Gasteiger partial charge in [0.25, 0.3) is 17.7 Å². The quantitative estimate of drug-likeness (QED) is 0.0449. The maximum absolute atomic E-state index is 15.4. The van der Waals surface area contributed by atoms with Crippen LogP contribution in [0.4, 0.5) is 23.2 Å². The summed E-state index contributed by atoms with van der Waals surface area (Å²) >= 11 is 0. The van der Waals surface area contributed by atoms with Gasteiger partial charge in [0.1, 0.15) is 23.5 Å². The molecule has 3 atom stereocenters. The summed E-state index contributed by atoms with van der Waals surface area (Å²) in [5, 5.41) is 8.41. The summed E-state index contributed by atoms with van der Waals surface area (Å²) in [6.07, 6.45) is 3.52. The van der Waals surface area contributed by atoms with Crippen LogP contribution >= 0.6 is 0 Å². The van der Waals surface area contributed by atoms with E-state index in [4.69, 9.17) is 10.5 Å². The molecule has 18 nitrogen and oxygen atoms in total. The maximum atomic E-state index is 15.4. The number of likely N-dealkylation sites (tertiary alicyclic amines) is 1. The monoisotopic (exact) mass is 975 g/mol. The number of pyridine rings is 1. The first-order valence-corrected chi connectivity index (χ1v) is 23.1. The van der Waals surface area contributed by atoms with E-state index in [0.717, 1.165) is 62.0 Å². The van der Waals surface area contributed by atoms with Crippen LogP contribution < -0.4 is 31.2 Å². The van der Waals surface area contributed by atoms with Crippen molar-refractivity contribution in [2.24, 2.45) is 5.73 Å². The number of nitrogens with two attached hydrogens (primary N) is 1. The Morgan fingerprint density at radius 2 is 1.66 bits per heavy atom. The van der Waals surface area contributed by atoms with Crippen LogP contribution in [0.1, 0.15) is 107 Å². The molecular weight excluding hydrogens is 923 g/mol. The Labute approximate surface area is 399 Å². The maximum Gasteiger partial charge on any atom is 0.573 e. The van der Waals surface area contributed by atoms with Gasteiger partial charge >= 0.3 is 6.36 Å². The van der Waals surface area contributed by atoms with E-state index < -0.39 is 65.9 Å². The SMILES string of the molecule is NC(=O)c1cc(-c2cn(CCCCNC(=O)CCCCCCCNc3cccc4c3C(=O)N(C3CCC(=O)NC3=O)C4=O)cn2)cnc1O[C@@H]1CCN(C(=O)Cc2ccc(OC(F)(F)F)cc2)C[C@H]1F. The lowest BCUT2D eigenvalue weighted by Gasteiger charge is -2.34. The second kappa shape index (κ2) is 22.8. The first-order valence-electron chi connectivity index (χ1n) is 23.1. The van der Waals surface area contributed by atoms with Crippen LogP contribution in [0.15, 0.2) is 67.3 Å². The fourth-order valence-corrected chi connectivity index (χ4v) is 8.54. The minimum Gasteiger partial charge on any atom is -0.471 e. The molecule has 1 unspecified atom stereocenters.